The summed E-state index contributed by atoms with van der Waals surface area (Å²) in [7, 11) is 3.50. The number of nitrogens with zero attached hydrogens (tertiary/aromatic N) is 3. The predicted octanol–water partition coefficient (Wildman–Crippen LogP) is -0.390. The molecular weight excluding hydrogens is 530 g/mol. The second kappa shape index (κ2) is 10.4. The van der Waals surface area contributed by atoms with Crippen LogP contribution in [0.4, 0.5) is 5.13 Å². The fourth-order valence-corrected chi connectivity index (χ4v) is 8.47. The van der Waals surface area contributed by atoms with Gasteiger partial charge in [0.05, 0.1) is 43.7 Å². The van der Waals surface area contributed by atoms with Crippen molar-refractivity contribution in [3.8, 4) is 0 Å². The van der Waals surface area contributed by atoms with Crippen molar-refractivity contribution in [2.45, 2.75) is 55.2 Å². The number of hydrogen-bond donors (Lipinski definition) is 3. The second-order valence-corrected chi connectivity index (χ2v) is 12.5. The van der Waals surface area contributed by atoms with Gasteiger partial charge in [0.1, 0.15) is 18.8 Å². The van der Waals surface area contributed by atoms with E-state index in [-0.39, 0.29) is 34.0 Å². The molecular formula is C25H31N5O6S2. The minimum atomic E-state index is -1.36. The van der Waals surface area contributed by atoms with E-state index >= 15 is 0 Å². The topological polar surface area (TPSA) is 167 Å². The number of hydrogen-bond acceptors (Lipinski definition) is 11. The number of aliphatic carboxylic acids is 1. The van der Waals surface area contributed by atoms with Gasteiger partial charge in [0.15, 0.2) is 16.6 Å². The van der Waals surface area contributed by atoms with Gasteiger partial charge >= 0.3 is 0 Å². The van der Waals surface area contributed by atoms with E-state index in [1.165, 1.54) is 18.9 Å². The summed E-state index contributed by atoms with van der Waals surface area (Å²) < 4.78 is 0.851. The van der Waals surface area contributed by atoms with Gasteiger partial charge in [-0.2, -0.15) is 11.8 Å². The van der Waals surface area contributed by atoms with Gasteiger partial charge in [-0.3, -0.25) is 9.59 Å². The quantitative estimate of drug-likeness (QED) is 0.218. The van der Waals surface area contributed by atoms with Crippen LogP contribution in [0.15, 0.2) is 33.8 Å². The number of ketones is 1. The number of piperidine rings is 1. The van der Waals surface area contributed by atoms with Gasteiger partial charge in [0, 0.05) is 42.1 Å². The third-order valence-corrected chi connectivity index (χ3v) is 10.5. The van der Waals surface area contributed by atoms with Gasteiger partial charge in [0.2, 0.25) is 0 Å². The van der Waals surface area contributed by atoms with Crippen molar-refractivity contribution < 1.29 is 33.9 Å². The van der Waals surface area contributed by atoms with Crippen LogP contribution >= 0.6 is 23.1 Å². The van der Waals surface area contributed by atoms with E-state index in [1.807, 2.05) is 12.2 Å². The zero-order valence-electron chi connectivity index (χ0n) is 21.2. The lowest BCUT2D eigenvalue weighted by Gasteiger charge is -2.47. The number of likely N-dealkylation sites (N-methyl/N-ethyl adjacent to an activating group) is 1. The number of fused-ring (bicyclic) bond motifs is 3. The van der Waals surface area contributed by atoms with Crippen LogP contribution in [0.1, 0.15) is 31.4 Å². The molecule has 3 unspecified atom stereocenters. The molecule has 38 heavy (non-hydrogen) atoms. The Morgan fingerprint density at radius 3 is 2.68 bits per heavy atom. The van der Waals surface area contributed by atoms with E-state index in [0.717, 1.165) is 48.0 Å². The zero-order valence-corrected chi connectivity index (χ0v) is 22.8. The first-order valence-corrected chi connectivity index (χ1v) is 14.5. The maximum absolute atomic E-state index is 13.1. The number of carbonyl (C=O) groups excluding carboxylic acids is 3. The third kappa shape index (κ3) is 4.65. The molecule has 5 rings (SSSR count). The number of oxime groups is 1. The number of nitrogens with one attached hydrogen (secondary N) is 1. The summed E-state index contributed by atoms with van der Waals surface area (Å²) in [4.78, 5) is 47.0. The van der Waals surface area contributed by atoms with Gasteiger partial charge in [0.25, 0.3) is 5.91 Å². The molecule has 2 bridgehead atoms. The lowest BCUT2D eigenvalue weighted by molar-refractivity contribution is -0.944. The van der Waals surface area contributed by atoms with Gasteiger partial charge in [-0.15, -0.1) is 11.3 Å². The highest BCUT2D eigenvalue weighted by atomic mass is 32.2. The molecule has 1 aromatic heterocycles. The molecule has 3 fully saturated rings. The number of quaternary nitrogens is 1. The summed E-state index contributed by atoms with van der Waals surface area (Å²) in [5, 5.41) is 30.1. The van der Waals surface area contributed by atoms with Crippen molar-refractivity contribution in [2.75, 3.05) is 32.2 Å². The average molecular weight is 562 g/mol. The van der Waals surface area contributed by atoms with Crippen LogP contribution in [-0.2, 0) is 19.2 Å². The Morgan fingerprint density at radius 2 is 2.08 bits per heavy atom. The summed E-state index contributed by atoms with van der Waals surface area (Å²) in [5.41, 5.74) is 6.34. The molecule has 4 N–H and O–H groups in total. The van der Waals surface area contributed by atoms with Crippen LogP contribution in [0.2, 0.25) is 0 Å². The van der Waals surface area contributed by atoms with Gasteiger partial charge < -0.3 is 35.4 Å². The molecule has 3 aliphatic heterocycles. The zero-order chi connectivity index (χ0) is 27.2. The highest BCUT2D eigenvalue weighted by molar-refractivity contribution is 8.00. The largest absolute Gasteiger partial charge is 0.545 e. The first-order chi connectivity index (χ1) is 18.1. The second-order valence-electron chi connectivity index (χ2n) is 10.5. The molecule has 0 aromatic carbocycles. The Hall–Kier alpha value is -2.74. The summed E-state index contributed by atoms with van der Waals surface area (Å²) in [6.45, 7) is 0.736. The number of aliphatic hydroxyl groups excluding tert-OH is 1. The average Bonchev–Trinajstić information content (AvgIpc) is 3.35. The standard InChI is InChI=1S/C25H31N5O6S2/c1-30(13-5-6-14(30)9-15(31)8-13)7-3-4-12-10-37-22-18(17(12)24(34)35)21(32)20(22)28-23(33)19(29-36-2)16-11-38-25(26)27-16/h3-4,11,13-15,18,20,22,31H,5-10H2,1-2H3,(H3-,26,27,28,33,34,35)/b4-3+,29-19-/t13-,14+,15?,18?,20-,22+,30?/m1/s1. The minimum Gasteiger partial charge on any atom is -0.545 e. The van der Waals surface area contributed by atoms with Crippen LogP contribution < -0.4 is 16.2 Å². The molecule has 13 heteroatoms. The van der Waals surface area contributed by atoms with E-state index in [0.29, 0.717) is 23.4 Å². The maximum Gasteiger partial charge on any atom is 0.276 e. The number of amides is 1. The molecule has 2 saturated heterocycles. The Balaban J connectivity index is 1.29. The number of allylic oxidation sites excluding steroid dienone is 1. The molecule has 204 valence electrons. The molecule has 0 radical (unpaired) electrons. The number of Topliss-reactive ketones (excluding diaryl/α,β-unsaturated/α-hetero) is 1. The van der Waals surface area contributed by atoms with Crippen LogP contribution in [-0.4, -0.2) is 93.9 Å². The van der Waals surface area contributed by atoms with Gasteiger partial charge in [-0.05, 0) is 17.2 Å². The molecule has 1 aromatic rings. The number of rotatable bonds is 8. The monoisotopic (exact) mass is 561 g/mol. The van der Waals surface area contributed by atoms with Crippen molar-refractivity contribution in [3.05, 3.63) is 34.4 Å². The summed E-state index contributed by atoms with van der Waals surface area (Å²) >= 11 is 2.58. The Labute approximate surface area is 228 Å². The molecule has 4 aliphatic rings. The Bertz CT molecular complexity index is 1230. The lowest BCUT2D eigenvalue weighted by atomic mass is 9.71. The highest BCUT2D eigenvalue weighted by Crippen LogP contribution is 2.46. The normalized spacial score (nSPS) is 34.7. The molecule has 4 heterocycles. The Morgan fingerprint density at radius 1 is 1.37 bits per heavy atom. The highest BCUT2D eigenvalue weighted by Gasteiger charge is 2.55. The van der Waals surface area contributed by atoms with Crippen molar-refractivity contribution in [3.63, 3.8) is 0 Å². The Kier molecular flexibility index (Phi) is 7.37. The van der Waals surface area contributed by atoms with Crippen molar-refractivity contribution in [1.29, 1.82) is 0 Å². The number of nitrogens with two attached hydrogens (primary N) is 1. The summed E-state index contributed by atoms with van der Waals surface area (Å²) in [6.07, 6.45) is 7.34. The maximum atomic E-state index is 13.1. The van der Waals surface area contributed by atoms with Gasteiger partial charge in [-0.1, -0.05) is 11.2 Å². The van der Waals surface area contributed by atoms with E-state index in [9.17, 15) is 24.6 Å². The van der Waals surface area contributed by atoms with Crippen molar-refractivity contribution in [2.24, 2.45) is 11.1 Å². The number of anilines is 1. The first kappa shape index (κ1) is 26.9. The summed E-state index contributed by atoms with van der Waals surface area (Å²) in [6, 6.07) is -0.0637. The molecule has 1 saturated carbocycles. The molecule has 1 amide bonds. The minimum absolute atomic E-state index is 0.00162. The number of thioether (sulfide) groups is 1. The molecule has 11 nitrogen and oxygen atoms in total. The number of nitrogen functional groups attached to an aromatic ring is 1. The fraction of sp³-hybridized carbons (Fsp3) is 0.560. The van der Waals surface area contributed by atoms with E-state index in [4.69, 9.17) is 10.6 Å². The van der Waals surface area contributed by atoms with Crippen LogP contribution in [0.5, 0.6) is 0 Å². The SMILES string of the molecule is CO/N=C(\C(=O)N[C@@H]1C(=O)C2C(C(=O)[O-])=C(/C=C/C[N+]3(C)[C@@H]4CC[C@H]3CC(O)C4)CS[C@@H]21)c1csc(N)n1. The van der Waals surface area contributed by atoms with Gasteiger partial charge in [-0.25, -0.2) is 4.98 Å². The fourth-order valence-electron chi connectivity index (χ4n) is 6.44. The number of carboxylic acids is 1. The number of carboxylic acid groups (broad SMARTS) is 1. The third-order valence-electron chi connectivity index (χ3n) is 8.43. The van der Waals surface area contributed by atoms with E-state index in [2.05, 4.69) is 22.5 Å². The molecule has 0 spiro atoms. The number of aromatic nitrogens is 1. The van der Waals surface area contributed by atoms with E-state index < -0.39 is 29.1 Å². The smallest absolute Gasteiger partial charge is 0.276 e. The van der Waals surface area contributed by atoms with Crippen LogP contribution in [0.3, 0.4) is 0 Å². The number of aliphatic hydroxyl groups is 1. The lowest BCUT2D eigenvalue weighted by Crippen LogP contribution is -2.66. The predicted molar refractivity (Wildman–Crippen MR) is 141 cm³/mol. The van der Waals surface area contributed by atoms with Crippen molar-refractivity contribution >= 4 is 51.6 Å². The summed E-state index contributed by atoms with van der Waals surface area (Å²) in [5.74, 6) is -2.86. The number of carbonyl (C=O) groups is 3. The molecule has 1 aliphatic carbocycles. The van der Waals surface area contributed by atoms with Crippen LogP contribution in [0.25, 0.3) is 0 Å². The van der Waals surface area contributed by atoms with E-state index in [1.54, 1.807) is 5.38 Å². The number of thiazole rings is 1. The van der Waals surface area contributed by atoms with Crippen LogP contribution in [0, 0.1) is 5.92 Å². The molecule has 7 atom stereocenters. The van der Waals surface area contributed by atoms with Crippen molar-refractivity contribution in [1.82, 2.24) is 10.3 Å². The first-order valence-electron chi connectivity index (χ1n) is 12.6.